The number of anilines is 1. The summed E-state index contributed by atoms with van der Waals surface area (Å²) in [6.45, 7) is 6.08. The summed E-state index contributed by atoms with van der Waals surface area (Å²) in [5.74, 6) is -0.379. The molecule has 0 spiro atoms. The van der Waals surface area contributed by atoms with Crippen molar-refractivity contribution >= 4 is 17.6 Å². The Morgan fingerprint density at radius 1 is 1.25 bits per heavy atom. The second-order valence-corrected chi connectivity index (χ2v) is 4.57. The summed E-state index contributed by atoms with van der Waals surface area (Å²) < 4.78 is 5.44. The molecule has 20 heavy (non-hydrogen) atoms. The maximum absolute atomic E-state index is 11.5. The molecule has 1 rings (SSSR count). The van der Waals surface area contributed by atoms with Crippen LogP contribution in [0.15, 0.2) is 36.4 Å². The highest BCUT2D eigenvalue weighted by molar-refractivity contribution is 5.90. The van der Waals surface area contributed by atoms with E-state index >= 15 is 0 Å². The predicted molar refractivity (Wildman–Crippen MR) is 76.9 cm³/mol. The van der Waals surface area contributed by atoms with Crippen molar-refractivity contribution in [2.24, 2.45) is 0 Å². The Morgan fingerprint density at radius 3 is 2.45 bits per heavy atom. The van der Waals surface area contributed by atoms with Crippen molar-refractivity contribution in [1.29, 1.82) is 0 Å². The van der Waals surface area contributed by atoms with E-state index in [1.54, 1.807) is 24.3 Å². The molecule has 0 bridgehead atoms. The zero-order valence-electron chi connectivity index (χ0n) is 11.5. The van der Waals surface area contributed by atoms with Gasteiger partial charge in [-0.25, -0.2) is 0 Å². The summed E-state index contributed by atoms with van der Waals surface area (Å²) in [5.41, 5.74) is 1.59. The highest BCUT2D eigenvalue weighted by atomic mass is 16.5. The predicted octanol–water partition coefficient (Wildman–Crippen LogP) is 2.83. The second-order valence-electron chi connectivity index (χ2n) is 4.57. The van der Waals surface area contributed by atoms with E-state index in [2.05, 4.69) is 11.9 Å². The molecule has 1 aromatic rings. The molecule has 0 saturated heterocycles. The number of aliphatic carboxylic acids is 1. The number of nitrogens with one attached hydrogen (secondary N) is 1. The van der Waals surface area contributed by atoms with Crippen molar-refractivity contribution < 1.29 is 19.4 Å². The fourth-order valence-corrected chi connectivity index (χ4v) is 1.46. The normalized spacial score (nSPS) is 9.85. The number of ether oxygens (including phenoxy) is 1. The smallest absolute Gasteiger partial charge is 0.303 e. The van der Waals surface area contributed by atoms with Crippen molar-refractivity contribution in [3.05, 3.63) is 36.4 Å². The Hall–Kier alpha value is -2.30. The molecule has 2 N–H and O–H groups in total. The Morgan fingerprint density at radius 2 is 1.90 bits per heavy atom. The van der Waals surface area contributed by atoms with E-state index in [9.17, 15) is 9.59 Å². The number of benzene rings is 1. The average molecular weight is 277 g/mol. The molecule has 5 nitrogen and oxygen atoms in total. The molecular weight excluding hydrogens is 258 g/mol. The summed E-state index contributed by atoms with van der Waals surface area (Å²) in [6, 6.07) is 7.00. The zero-order valence-corrected chi connectivity index (χ0v) is 11.5. The lowest BCUT2D eigenvalue weighted by Gasteiger charge is -2.08. The SMILES string of the molecule is C=C(C)COc1ccc(NC(=O)CCCC(=O)O)cc1. The van der Waals surface area contributed by atoms with Gasteiger partial charge in [0.1, 0.15) is 12.4 Å². The van der Waals surface area contributed by atoms with Crippen LogP contribution in [0.5, 0.6) is 5.75 Å². The number of rotatable bonds is 8. The lowest BCUT2D eigenvalue weighted by Crippen LogP contribution is -2.11. The number of carbonyl (C=O) groups excluding carboxylic acids is 1. The number of hydrogen-bond donors (Lipinski definition) is 2. The molecule has 0 saturated carbocycles. The highest BCUT2D eigenvalue weighted by Crippen LogP contribution is 2.16. The maximum atomic E-state index is 11.5. The molecule has 0 heterocycles. The van der Waals surface area contributed by atoms with Gasteiger partial charge in [-0.05, 0) is 43.2 Å². The number of carboxylic acids is 1. The molecule has 1 amide bonds. The first-order chi connectivity index (χ1) is 9.47. The van der Waals surface area contributed by atoms with Gasteiger partial charge in [-0.1, -0.05) is 6.58 Å². The second kappa shape index (κ2) is 7.99. The van der Waals surface area contributed by atoms with Crippen LogP contribution < -0.4 is 10.1 Å². The van der Waals surface area contributed by atoms with Crippen LogP contribution in [0.25, 0.3) is 0 Å². The number of amides is 1. The van der Waals surface area contributed by atoms with E-state index in [1.165, 1.54) is 0 Å². The Labute approximate surface area is 118 Å². The summed E-state index contributed by atoms with van der Waals surface area (Å²) in [7, 11) is 0. The molecule has 108 valence electrons. The van der Waals surface area contributed by atoms with E-state index in [0.29, 0.717) is 24.5 Å². The summed E-state index contributed by atoms with van der Waals surface area (Å²) >= 11 is 0. The molecule has 0 aromatic heterocycles. The zero-order chi connectivity index (χ0) is 15.0. The third-order valence-electron chi connectivity index (χ3n) is 2.42. The van der Waals surface area contributed by atoms with Crippen LogP contribution in [0.4, 0.5) is 5.69 Å². The average Bonchev–Trinajstić information content (AvgIpc) is 2.37. The minimum absolute atomic E-state index is 0.00109. The lowest BCUT2D eigenvalue weighted by molar-refractivity contribution is -0.137. The first-order valence-corrected chi connectivity index (χ1v) is 6.36. The fraction of sp³-hybridized carbons (Fsp3) is 0.333. The van der Waals surface area contributed by atoms with Crippen LogP contribution >= 0.6 is 0 Å². The quantitative estimate of drug-likeness (QED) is 0.716. The third-order valence-corrected chi connectivity index (χ3v) is 2.42. The van der Waals surface area contributed by atoms with Gasteiger partial charge in [-0.3, -0.25) is 9.59 Å². The van der Waals surface area contributed by atoms with E-state index in [1.807, 2.05) is 6.92 Å². The van der Waals surface area contributed by atoms with Gasteiger partial charge >= 0.3 is 5.97 Å². The van der Waals surface area contributed by atoms with E-state index in [0.717, 1.165) is 5.57 Å². The van der Waals surface area contributed by atoms with E-state index in [-0.39, 0.29) is 18.7 Å². The van der Waals surface area contributed by atoms with Crippen molar-refractivity contribution in [2.45, 2.75) is 26.2 Å². The van der Waals surface area contributed by atoms with Gasteiger partial charge in [0.05, 0.1) is 0 Å². The Bertz CT molecular complexity index is 479. The molecule has 0 fully saturated rings. The van der Waals surface area contributed by atoms with Crippen LogP contribution in [-0.4, -0.2) is 23.6 Å². The van der Waals surface area contributed by atoms with Crippen LogP contribution in [0, 0.1) is 0 Å². The Kier molecular flexibility index (Phi) is 6.29. The van der Waals surface area contributed by atoms with Crippen molar-refractivity contribution in [2.75, 3.05) is 11.9 Å². The van der Waals surface area contributed by atoms with Crippen LogP contribution in [0.1, 0.15) is 26.2 Å². The number of carboxylic acid groups (broad SMARTS) is 1. The molecule has 0 atom stereocenters. The first kappa shape index (κ1) is 15.8. The molecule has 1 aromatic carbocycles. The van der Waals surface area contributed by atoms with Crippen molar-refractivity contribution in [1.82, 2.24) is 0 Å². The van der Waals surface area contributed by atoms with E-state index in [4.69, 9.17) is 9.84 Å². The monoisotopic (exact) mass is 277 g/mol. The van der Waals surface area contributed by atoms with Gasteiger partial charge in [0.15, 0.2) is 0 Å². The van der Waals surface area contributed by atoms with Gasteiger partial charge in [-0.2, -0.15) is 0 Å². The van der Waals surface area contributed by atoms with Gasteiger partial charge in [0, 0.05) is 18.5 Å². The number of carbonyl (C=O) groups is 2. The van der Waals surface area contributed by atoms with Gasteiger partial charge in [-0.15, -0.1) is 0 Å². The standard InChI is InChI=1S/C15H19NO4/c1-11(2)10-20-13-8-6-12(7-9-13)16-14(17)4-3-5-15(18)19/h6-9H,1,3-5,10H2,2H3,(H,16,17)(H,18,19). The molecule has 0 aliphatic rings. The highest BCUT2D eigenvalue weighted by Gasteiger charge is 2.04. The molecule has 0 aliphatic carbocycles. The van der Waals surface area contributed by atoms with Crippen molar-refractivity contribution in [3.63, 3.8) is 0 Å². The molecule has 0 aliphatic heterocycles. The maximum Gasteiger partial charge on any atom is 0.303 e. The minimum Gasteiger partial charge on any atom is -0.489 e. The van der Waals surface area contributed by atoms with Crippen LogP contribution in [0.2, 0.25) is 0 Å². The molecular formula is C15H19NO4. The minimum atomic E-state index is -0.892. The van der Waals surface area contributed by atoms with E-state index < -0.39 is 5.97 Å². The van der Waals surface area contributed by atoms with Gasteiger partial charge in [0.25, 0.3) is 0 Å². The summed E-state index contributed by atoms with van der Waals surface area (Å²) in [6.07, 6.45) is 0.530. The number of hydrogen-bond acceptors (Lipinski definition) is 3. The lowest BCUT2D eigenvalue weighted by atomic mass is 10.2. The first-order valence-electron chi connectivity index (χ1n) is 6.36. The van der Waals surface area contributed by atoms with Gasteiger partial charge in [0.2, 0.25) is 5.91 Å². The molecule has 5 heteroatoms. The summed E-state index contributed by atoms with van der Waals surface area (Å²) in [4.78, 5) is 21.9. The van der Waals surface area contributed by atoms with Gasteiger partial charge < -0.3 is 15.2 Å². The largest absolute Gasteiger partial charge is 0.489 e. The Balaban J connectivity index is 2.38. The van der Waals surface area contributed by atoms with Crippen LogP contribution in [-0.2, 0) is 9.59 Å². The summed E-state index contributed by atoms with van der Waals surface area (Å²) in [5, 5.41) is 11.2. The van der Waals surface area contributed by atoms with Crippen LogP contribution in [0.3, 0.4) is 0 Å². The topological polar surface area (TPSA) is 75.6 Å². The fourth-order valence-electron chi connectivity index (χ4n) is 1.46. The molecule has 0 unspecified atom stereocenters. The third kappa shape index (κ3) is 6.58. The molecule has 0 radical (unpaired) electrons. The van der Waals surface area contributed by atoms with Crippen molar-refractivity contribution in [3.8, 4) is 5.75 Å².